The van der Waals surface area contributed by atoms with Crippen LogP contribution in [0.1, 0.15) is 0 Å². The summed E-state index contributed by atoms with van der Waals surface area (Å²) in [6.07, 6.45) is 0. The molecule has 3 rings (SSSR count). The van der Waals surface area contributed by atoms with Gasteiger partial charge in [-0.05, 0) is 40.1 Å². The predicted octanol–water partition coefficient (Wildman–Crippen LogP) is 4.31. The van der Waals surface area contributed by atoms with E-state index in [0.29, 0.717) is 0 Å². The Morgan fingerprint density at radius 2 is 1.44 bits per heavy atom. The molecule has 0 saturated heterocycles. The summed E-state index contributed by atoms with van der Waals surface area (Å²) < 4.78 is 0. The Morgan fingerprint density at radius 3 is 2.31 bits per heavy atom. The van der Waals surface area contributed by atoms with Crippen molar-refractivity contribution in [1.82, 2.24) is 0 Å². The second kappa shape index (κ2) is 3.82. The van der Waals surface area contributed by atoms with E-state index in [1.807, 2.05) is 12.1 Å². The molecule has 0 spiro atoms. The van der Waals surface area contributed by atoms with Crippen molar-refractivity contribution in [3.05, 3.63) is 72.8 Å². The van der Waals surface area contributed by atoms with Crippen LogP contribution in [0.2, 0.25) is 0 Å². The molecular formula is C16H11. The Hall–Kier alpha value is -2.08. The number of benzene rings is 3. The lowest BCUT2D eigenvalue weighted by atomic mass is 9.98. The highest BCUT2D eigenvalue weighted by atomic mass is 14.0. The highest BCUT2D eigenvalue weighted by Crippen LogP contribution is 2.27. The summed E-state index contributed by atoms with van der Waals surface area (Å²) in [7, 11) is 0. The normalized spacial score (nSPS) is 10.5. The predicted molar refractivity (Wildman–Crippen MR) is 68.2 cm³/mol. The lowest BCUT2D eigenvalue weighted by Crippen LogP contribution is -1.80. The summed E-state index contributed by atoms with van der Waals surface area (Å²) in [5.74, 6) is 0. The minimum Gasteiger partial charge on any atom is -0.0622 e. The van der Waals surface area contributed by atoms with Crippen LogP contribution in [-0.4, -0.2) is 0 Å². The lowest BCUT2D eigenvalue weighted by molar-refractivity contribution is 1.65. The Labute approximate surface area is 95.2 Å². The van der Waals surface area contributed by atoms with E-state index in [-0.39, 0.29) is 0 Å². The highest BCUT2D eigenvalue weighted by molar-refractivity contribution is 5.96. The van der Waals surface area contributed by atoms with E-state index in [2.05, 4.69) is 60.7 Å². The average molecular weight is 203 g/mol. The molecule has 1 radical (unpaired) electrons. The minimum absolute atomic E-state index is 1.24. The van der Waals surface area contributed by atoms with E-state index in [1.165, 1.54) is 21.9 Å². The van der Waals surface area contributed by atoms with Crippen LogP contribution in [0.4, 0.5) is 0 Å². The molecule has 0 fully saturated rings. The van der Waals surface area contributed by atoms with E-state index in [1.54, 1.807) is 0 Å². The highest BCUT2D eigenvalue weighted by Gasteiger charge is 2.01. The van der Waals surface area contributed by atoms with Crippen molar-refractivity contribution >= 4 is 10.8 Å². The minimum atomic E-state index is 1.24. The molecule has 0 nitrogen and oxygen atoms in total. The molecule has 3 aromatic rings. The molecule has 0 amide bonds. The molecule has 0 aliphatic rings. The number of rotatable bonds is 1. The molecule has 0 aliphatic heterocycles. The number of fused-ring (bicyclic) bond motifs is 1. The maximum absolute atomic E-state index is 3.20. The monoisotopic (exact) mass is 203 g/mol. The van der Waals surface area contributed by atoms with Gasteiger partial charge in [-0.3, -0.25) is 0 Å². The van der Waals surface area contributed by atoms with Crippen LogP contribution in [0.5, 0.6) is 0 Å². The summed E-state index contributed by atoms with van der Waals surface area (Å²) in [6.45, 7) is 0. The van der Waals surface area contributed by atoms with Crippen LogP contribution in [0.3, 0.4) is 0 Å². The van der Waals surface area contributed by atoms with Gasteiger partial charge in [-0.15, -0.1) is 0 Å². The zero-order valence-corrected chi connectivity index (χ0v) is 8.85. The zero-order chi connectivity index (χ0) is 10.8. The Morgan fingerprint density at radius 1 is 0.688 bits per heavy atom. The third-order valence-electron chi connectivity index (χ3n) is 2.80. The van der Waals surface area contributed by atoms with Crippen molar-refractivity contribution in [3.63, 3.8) is 0 Å². The third kappa shape index (κ3) is 1.49. The van der Waals surface area contributed by atoms with Crippen molar-refractivity contribution in [2.24, 2.45) is 0 Å². The summed E-state index contributed by atoms with van der Waals surface area (Å²) in [5, 5.41) is 2.52. The molecule has 0 unspecified atom stereocenters. The summed E-state index contributed by atoms with van der Waals surface area (Å²) >= 11 is 0. The molecule has 0 aromatic heterocycles. The van der Waals surface area contributed by atoms with Crippen molar-refractivity contribution < 1.29 is 0 Å². The summed E-state index contributed by atoms with van der Waals surface area (Å²) in [4.78, 5) is 0. The molecule has 0 saturated carbocycles. The van der Waals surface area contributed by atoms with Crippen LogP contribution in [0.15, 0.2) is 66.7 Å². The van der Waals surface area contributed by atoms with Gasteiger partial charge in [-0.25, -0.2) is 0 Å². The second-order valence-corrected chi connectivity index (χ2v) is 3.82. The van der Waals surface area contributed by atoms with Gasteiger partial charge in [0.15, 0.2) is 0 Å². The first-order chi connectivity index (χ1) is 7.95. The van der Waals surface area contributed by atoms with E-state index in [9.17, 15) is 0 Å². The van der Waals surface area contributed by atoms with E-state index in [0.717, 1.165) is 0 Å². The van der Waals surface area contributed by atoms with Gasteiger partial charge in [0.25, 0.3) is 0 Å². The van der Waals surface area contributed by atoms with Crippen LogP contribution < -0.4 is 0 Å². The summed E-state index contributed by atoms with van der Waals surface area (Å²) in [5.41, 5.74) is 2.49. The van der Waals surface area contributed by atoms with Gasteiger partial charge in [0.05, 0.1) is 0 Å². The molecular weight excluding hydrogens is 192 g/mol. The van der Waals surface area contributed by atoms with Crippen molar-refractivity contribution in [2.75, 3.05) is 0 Å². The van der Waals surface area contributed by atoms with Crippen molar-refractivity contribution in [3.8, 4) is 11.1 Å². The van der Waals surface area contributed by atoms with Gasteiger partial charge < -0.3 is 0 Å². The van der Waals surface area contributed by atoms with Crippen molar-refractivity contribution in [2.45, 2.75) is 0 Å². The van der Waals surface area contributed by atoms with E-state index < -0.39 is 0 Å². The van der Waals surface area contributed by atoms with Crippen LogP contribution >= 0.6 is 0 Å². The van der Waals surface area contributed by atoms with Gasteiger partial charge >= 0.3 is 0 Å². The van der Waals surface area contributed by atoms with Gasteiger partial charge in [-0.2, -0.15) is 0 Å². The maximum atomic E-state index is 3.20. The maximum Gasteiger partial charge on any atom is -0.00992 e. The standard InChI is InChI=1S/C16H11/c1-2-7-13(8-3-1)16-12-6-10-14-9-4-5-11-15(14)16/h1-5,7-12H. The molecule has 3 aromatic carbocycles. The zero-order valence-electron chi connectivity index (χ0n) is 8.85. The molecule has 0 atom stereocenters. The first-order valence-corrected chi connectivity index (χ1v) is 5.39. The molecule has 0 heterocycles. The molecule has 0 aliphatic carbocycles. The first-order valence-electron chi connectivity index (χ1n) is 5.39. The number of hydrogen-bond donors (Lipinski definition) is 0. The quantitative estimate of drug-likeness (QED) is 0.553. The Kier molecular flexibility index (Phi) is 2.19. The largest absolute Gasteiger partial charge is 0.0622 e. The molecule has 16 heavy (non-hydrogen) atoms. The van der Waals surface area contributed by atoms with Crippen LogP contribution in [0.25, 0.3) is 21.9 Å². The Balaban J connectivity index is 2.32. The topological polar surface area (TPSA) is 0 Å². The average Bonchev–Trinajstić information content (AvgIpc) is 2.39. The second-order valence-electron chi connectivity index (χ2n) is 3.82. The van der Waals surface area contributed by atoms with Gasteiger partial charge in [-0.1, -0.05) is 54.6 Å². The number of hydrogen-bond acceptors (Lipinski definition) is 0. The van der Waals surface area contributed by atoms with Gasteiger partial charge in [0.2, 0.25) is 0 Å². The van der Waals surface area contributed by atoms with E-state index in [4.69, 9.17) is 0 Å². The SMILES string of the molecule is [c]1cc(-c2ccccc2)c2ccccc2c1. The smallest absolute Gasteiger partial charge is 0.00992 e. The fourth-order valence-electron chi connectivity index (χ4n) is 2.02. The van der Waals surface area contributed by atoms with Gasteiger partial charge in [0.1, 0.15) is 0 Å². The first kappa shape index (κ1) is 9.17. The lowest BCUT2D eigenvalue weighted by Gasteiger charge is -2.05. The Bertz CT molecular complexity index is 604. The fourth-order valence-corrected chi connectivity index (χ4v) is 2.02. The van der Waals surface area contributed by atoms with Gasteiger partial charge in [0, 0.05) is 0 Å². The van der Waals surface area contributed by atoms with Crippen LogP contribution in [0, 0.1) is 6.07 Å². The molecule has 75 valence electrons. The molecule has 0 N–H and O–H groups in total. The molecule has 0 heteroatoms. The fraction of sp³-hybridized carbons (Fsp3) is 0. The third-order valence-corrected chi connectivity index (χ3v) is 2.80. The molecule has 0 bridgehead atoms. The van der Waals surface area contributed by atoms with Crippen LogP contribution in [-0.2, 0) is 0 Å². The summed E-state index contributed by atoms with van der Waals surface area (Å²) in [6, 6.07) is 26.1. The van der Waals surface area contributed by atoms with E-state index >= 15 is 0 Å². The van der Waals surface area contributed by atoms with Crippen molar-refractivity contribution in [1.29, 1.82) is 0 Å².